The molecule has 0 unspecified atom stereocenters. The molecule has 0 radical (unpaired) electrons. The summed E-state index contributed by atoms with van der Waals surface area (Å²) in [4.78, 5) is 0. The molecule has 6 heteroatoms. The van der Waals surface area contributed by atoms with Crippen LogP contribution in [0.2, 0.25) is 0 Å². The van der Waals surface area contributed by atoms with E-state index in [2.05, 4.69) is 15.4 Å². The quantitative estimate of drug-likeness (QED) is 0.515. The van der Waals surface area contributed by atoms with E-state index in [-0.39, 0.29) is 24.7 Å². The van der Waals surface area contributed by atoms with E-state index in [1.54, 1.807) is 0 Å². The fourth-order valence-electron chi connectivity index (χ4n) is 0. The molecule has 0 aromatic carbocycles. The van der Waals surface area contributed by atoms with E-state index >= 15 is 0 Å². The van der Waals surface area contributed by atoms with Gasteiger partial charge < -0.3 is 0 Å². The standard InChI is InChI=1S/Bi.Cr.Ni.3O.H. The first kappa shape index (κ1) is 15.7. The Balaban J connectivity index is -0.0000000225. The first-order valence-corrected chi connectivity index (χ1v) is 3.01. The second kappa shape index (κ2) is 104. The van der Waals surface area contributed by atoms with Gasteiger partial charge in [0.15, 0.2) is 0 Å². The maximum atomic E-state index is 8.39. The first-order valence-electron chi connectivity index (χ1n) is 0.500. The van der Waals surface area contributed by atoms with Crippen LogP contribution < -0.4 is 0 Å². The minimum atomic E-state index is 0.0556. The summed E-state index contributed by atoms with van der Waals surface area (Å²) in [5.74, 6) is 0. The van der Waals surface area contributed by atoms with Gasteiger partial charge in [-0.25, -0.2) is 0 Å². The molecule has 0 atom stereocenters. The molecule has 40 valence electrons. The fourth-order valence-corrected chi connectivity index (χ4v) is 0. The molecule has 0 saturated carbocycles. The third-order valence-corrected chi connectivity index (χ3v) is 0. The zero-order valence-electron chi connectivity index (χ0n) is 2.45. The molecular weight excluding hydrogens is 368 g/mol. The van der Waals surface area contributed by atoms with Gasteiger partial charge in [-0.05, 0) is 0 Å². The molecule has 0 fully saturated rings. The first-order chi connectivity index (χ1) is 3.00. The van der Waals surface area contributed by atoms with Crippen molar-refractivity contribution in [1.82, 2.24) is 0 Å². The van der Waals surface area contributed by atoms with Crippen LogP contribution in [0.15, 0.2) is 0 Å². The molecule has 0 aliphatic carbocycles. The molecule has 3 nitrogen and oxygen atoms in total. The Kier molecular flexibility index (Phi) is 271. The predicted octanol–water partition coefficient (Wildman–Crippen LogP) is -1.01. The molecule has 0 aromatic rings. The molecule has 0 aliphatic heterocycles. The average molecular weight is 369 g/mol. The molecule has 0 aliphatic rings. The Bertz CT molecular complexity index is 15.5. The number of rotatable bonds is 0. The van der Waals surface area contributed by atoms with E-state index in [1.165, 1.54) is 16.2 Å². The molecule has 0 heterocycles. The summed E-state index contributed by atoms with van der Waals surface area (Å²) in [5, 5.41) is 0. The second-order valence-corrected chi connectivity index (χ2v) is 0. The summed E-state index contributed by atoms with van der Waals surface area (Å²) in [7, 11) is 0. The third kappa shape index (κ3) is 57.5. The average Bonchev–Trinajstić information content (AvgIpc) is 1.81. The van der Waals surface area contributed by atoms with Crippen LogP contribution in [0.25, 0.3) is 0 Å². The van der Waals surface area contributed by atoms with Crippen LogP contribution in [0.1, 0.15) is 0 Å². The van der Waals surface area contributed by atoms with Gasteiger partial charge in [-0.1, -0.05) is 0 Å². The summed E-state index contributed by atoms with van der Waals surface area (Å²) < 4.78 is 24.4. The van der Waals surface area contributed by atoms with Crippen molar-refractivity contribution in [1.29, 1.82) is 0 Å². The van der Waals surface area contributed by atoms with E-state index in [1.807, 2.05) is 0 Å². The Labute approximate surface area is 66.3 Å². The van der Waals surface area contributed by atoms with Crippen LogP contribution >= 0.6 is 0 Å². The molecule has 0 aromatic heterocycles. The van der Waals surface area contributed by atoms with Gasteiger partial charge in [-0.3, -0.25) is 0 Å². The van der Waals surface area contributed by atoms with Crippen LogP contribution in [-0.4, -0.2) is 24.7 Å². The summed E-state index contributed by atoms with van der Waals surface area (Å²) in [6, 6.07) is 0. The van der Waals surface area contributed by atoms with Gasteiger partial charge in [-0.15, -0.1) is 0 Å². The second-order valence-electron chi connectivity index (χ2n) is 0. The molecule has 0 bridgehead atoms. The van der Waals surface area contributed by atoms with Gasteiger partial charge >= 0.3 is 66.9 Å². The van der Waals surface area contributed by atoms with Crippen LogP contribution in [0.3, 0.4) is 0 Å². The van der Waals surface area contributed by atoms with E-state index in [0.717, 1.165) is 0 Å². The molecule has 0 amide bonds. The van der Waals surface area contributed by atoms with Gasteiger partial charge in [0.1, 0.15) is 0 Å². The van der Waals surface area contributed by atoms with Crippen molar-refractivity contribution in [3.63, 3.8) is 0 Å². The van der Waals surface area contributed by atoms with E-state index in [4.69, 9.17) is 10.5 Å². The summed E-state index contributed by atoms with van der Waals surface area (Å²) in [6.45, 7) is 0. The van der Waals surface area contributed by atoms with E-state index < -0.39 is 0 Å². The zero-order chi connectivity index (χ0) is 6.00. The molecule has 0 N–H and O–H groups in total. The van der Waals surface area contributed by atoms with Gasteiger partial charge in [0.2, 0.25) is 0 Å². The Morgan fingerprint density at radius 1 is 1.17 bits per heavy atom. The summed E-state index contributed by atoms with van der Waals surface area (Å²) >= 11 is 4.06. The maximum absolute atomic E-state index is 8.39. The van der Waals surface area contributed by atoms with Crippen LogP contribution in [0.5, 0.6) is 0 Å². The Hall–Kier alpha value is 1.31. The zero-order valence-corrected chi connectivity index (χ0v) is 8.60. The SMILES string of the molecule is [O]=[BiH].[O]=[Cr].[O]=[Ni]. The number of hydrogen-bond donors (Lipinski definition) is 0. The van der Waals surface area contributed by atoms with Crippen LogP contribution in [0.4, 0.5) is 0 Å². The molecule has 6 heavy (non-hydrogen) atoms. The van der Waals surface area contributed by atoms with Gasteiger partial charge in [-0.2, -0.15) is 0 Å². The van der Waals surface area contributed by atoms with Crippen molar-refractivity contribution in [3.05, 3.63) is 0 Å². The molecular formula is HBiCrNiO3. The van der Waals surface area contributed by atoms with E-state index in [9.17, 15) is 0 Å². The van der Waals surface area contributed by atoms with E-state index in [0.29, 0.717) is 0 Å². The Morgan fingerprint density at radius 3 is 1.17 bits per heavy atom. The monoisotopic (exact) mass is 368 g/mol. The van der Waals surface area contributed by atoms with Crippen molar-refractivity contribution in [2.45, 2.75) is 0 Å². The van der Waals surface area contributed by atoms with Gasteiger partial charge in [0.25, 0.3) is 0 Å². The van der Waals surface area contributed by atoms with Crippen LogP contribution in [-0.2, 0) is 42.1 Å². The van der Waals surface area contributed by atoms with Crippen molar-refractivity contribution in [2.24, 2.45) is 0 Å². The fraction of sp³-hybridized carbons (Fsp3) is 0. The summed E-state index contributed by atoms with van der Waals surface area (Å²) in [6.07, 6.45) is 0. The van der Waals surface area contributed by atoms with Crippen molar-refractivity contribution in [3.8, 4) is 0 Å². The minimum absolute atomic E-state index is 0.0556. The summed E-state index contributed by atoms with van der Waals surface area (Å²) in [5.41, 5.74) is 0. The molecule has 0 spiro atoms. The van der Waals surface area contributed by atoms with Crippen molar-refractivity contribution in [2.75, 3.05) is 0 Å². The Morgan fingerprint density at radius 2 is 1.17 bits per heavy atom. The number of hydrogen-bond acceptors (Lipinski definition) is 3. The van der Waals surface area contributed by atoms with Crippen LogP contribution in [0, 0.1) is 0 Å². The predicted molar refractivity (Wildman–Crippen MR) is 9.21 cm³/mol. The third-order valence-electron chi connectivity index (χ3n) is 0. The molecule has 0 saturated heterocycles. The van der Waals surface area contributed by atoms with Crippen molar-refractivity contribution >= 4 is 24.7 Å². The normalized spacial score (nSPS) is 2.33. The van der Waals surface area contributed by atoms with Crippen molar-refractivity contribution < 1.29 is 42.1 Å². The topological polar surface area (TPSA) is 51.2 Å². The van der Waals surface area contributed by atoms with Gasteiger partial charge in [0, 0.05) is 0 Å². The van der Waals surface area contributed by atoms with Gasteiger partial charge in [0.05, 0.1) is 0 Å². The molecule has 0 rings (SSSR count).